The molecule has 1 fully saturated rings. The third-order valence-corrected chi connectivity index (χ3v) is 4.57. The van der Waals surface area contributed by atoms with Crippen LogP contribution in [0.5, 0.6) is 5.75 Å². The fourth-order valence-electron chi connectivity index (χ4n) is 2.88. The number of halogens is 2. The lowest BCUT2D eigenvalue weighted by Crippen LogP contribution is -2.50. The second-order valence-electron chi connectivity index (χ2n) is 5.85. The van der Waals surface area contributed by atoms with E-state index in [1.807, 2.05) is 4.90 Å². The minimum atomic E-state index is -0.574. The van der Waals surface area contributed by atoms with Crippen molar-refractivity contribution < 1.29 is 9.53 Å². The summed E-state index contributed by atoms with van der Waals surface area (Å²) in [6, 6.07) is 5.31. The van der Waals surface area contributed by atoms with Gasteiger partial charge in [-0.3, -0.25) is 4.79 Å². The lowest BCUT2D eigenvalue weighted by atomic mass is 10.0. The zero-order valence-electron chi connectivity index (χ0n) is 13.6. The van der Waals surface area contributed by atoms with Crippen molar-refractivity contribution in [1.82, 2.24) is 10.2 Å². The summed E-state index contributed by atoms with van der Waals surface area (Å²) in [6.45, 7) is 6.53. The molecule has 6 heteroatoms. The molecule has 1 aromatic carbocycles. The topological polar surface area (TPSA) is 41.6 Å². The van der Waals surface area contributed by atoms with Crippen molar-refractivity contribution in [3.63, 3.8) is 0 Å². The highest BCUT2D eigenvalue weighted by molar-refractivity contribution is 6.35. The molecule has 1 saturated heterocycles. The van der Waals surface area contributed by atoms with E-state index in [1.54, 1.807) is 25.1 Å². The van der Waals surface area contributed by atoms with Gasteiger partial charge in [0.25, 0.3) is 5.91 Å². The first-order valence-corrected chi connectivity index (χ1v) is 8.91. The quantitative estimate of drug-likeness (QED) is 0.841. The summed E-state index contributed by atoms with van der Waals surface area (Å²) in [5, 5.41) is 4.30. The number of amides is 1. The van der Waals surface area contributed by atoms with Crippen LogP contribution in [-0.4, -0.2) is 42.6 Å². The molecule has 1 aromatic rings. The molecular weight excluding hydrogens is 335 g/mol. The number of carbonyl (C=O) groups is 1. The first-order valence-electron chi connectivity index (χ1n) is 8.15. The average Bonchev–Trinajstić information content (AvgIpc) is 2.55. The van der Waals surface area contributed by atoms with Crippen LogP contribution in [-0.2, 0) is 4.79 Å². The van der Waals surface area contributed by atoms with Gasteiger partial charge in [0.2, 0.25) is 0 Å². The van der Waals surface area contributed by atoms with E-state index in [-0.39, 0.29) is 11.9 Å². The summed E-state index contributed by atoms with van der Waals surface area (Å²) < 4.78 is 5.78. The first kappa shape index (κ1) is 18.4. The average molecular weight is 359 g/mol. The molecule has 0 saturated carbocycles. The van der Waals surface area contributed by atoms with E-state index in [1.165, 1.54) is 0 Å². The van der Waals surface area contributed by atoms with Crippen molar-refractivity contribution >= 4 is 29.1 Å². The molecule has 0 spiro atoms. The highest BCUT2D eigenvalue weighted by Gasteiger charge is 2.29. The third-order valence-electron chi connectivity index (χ3n) is 4.04. The van der Waals surface area contributed by atoms with E-state index in [0.29, 0.717) is 15.8 Å². The minimum absolute atomic E-state index is 0.0183. The summed E-state index contributed by atoms with van der Waals surface area (Å²) in [7, 11) is 0. The van der Waals surface area contributed by atoms with Gasteiger partial charge in [0.15, 0.2) is 6.10 Å². The number of carbonyl (C=O) groups excluding carboxylic acids is 1. The molecule has 0 aliphatic carbocycles. The smallest absolute Gasteiger partial charge is 0.263 e. The maximum atomic E-state index is 12.8. The predicted molar refractivity (Wildman–Crippen MR) is 94.4 cm³/mol. The van der Waals surface area contributed by atoms with Crippen molar-refractivity contribution in [3.05, 3.63) is 28.2 Å². The Balaban J connectivity index is 2.05. The van der Waals surface area contributed by atoms with Gasteiger partial charge in [-0.05, 0) is 57.5 Å². The number of hydrogen-bond donors (Lipinski definition) is 1. The summed E-state index contributed by atoms with van der Waals surface area (Å²) in [5.74, 6) is 0.503. The normalized spacial score (nSPS) is 16.9. The zero-order valence-corrected chi connectivity index (χ0v) is 15.2. The van der Waals surface area contributed by atoms with Crippen LogP contribution in [0.1, 0.15) is 33.1 Å². The second kappa shape index (κ2) is 8.76. The van der Waals surface area contributed by atoms with Crippen molar-refractivity contribution in [3.8, 4) is 5.75 Å². The van der Waals surface area contributed by atoms with Gasteiger partial charge >= 0.3 is 0 Å². The first-order chi connectivity index (χ1) is 11.0. The van der Waals surface area contributed by atoms with Gasteiger partial charge in [-0.15, -0.1) is 0 Å². The lowest BCUT2D eigenvalue weighted by molar-refractivity contribution is -0.141. The Bertz CT molecular complexity index is 533. The number of piperidine rings is 1. The van der Waals surface area contributed by atoms with Crippen molar-refractivity contribution in [1.29, 1.82) is 0 Å². The number of nitrogens with one attached hydrogen (secondary N) is 1. The van der Waals surface area contributed by atoms with Gasteiger partial charge in [0.05, 0.1) is 5.02 Å². The van der Waals surface area contributed by atoms with Crippen LogP contribution in [0.3, 0.4) is 0 Å². The molecule has 1 unspecified atom stereocenters. The van der Waals surface area contributed by atoms with Crippen LogP contribution in [0.15, 0.2) is 18.2 Å². The fraction of sp³-hybridized carbons (Fsp3) is 0.588. The zero-order chi connectivity index (χ0) is 16.8. The van der Waals surface area contributed by atoms with Crippen molar-refractivity contribution in [2.24, 2.45) is 0 Å². The van der Waals surface area contributed by atoms with Gasteiger partial charge in [-0.1, -0.05) is 30.1 Å². The fourth-order valence-corrected chi connectivity index (χ4v) is 3.33. The molecule has 0 bridgehead atoms. The van der Waals surface area contributed by atoms with Crippen LogP contribution in [0, 0.1) is 0 Å². The van der Waals surface area contributed by atoms with E-state index in [4.69, 9.17) is 27.9 Å². The molecule has 0 aromatic heterocycles. The Morgan fingerprint density at radius 1 is 1.39 bits per heavy atom. The molecule has 23 heavy (non-hydrogen) atoms. The number of ether oxygens (including phenoxy) is 1. The Hall–Kier alpha value is -0.970. The molecule has 1 N–H and O–H groups in total. The van der Waals surface area contributed by atoms with E-state index in [9.17, 15) is 4.79 Å². The summed E-state index contributed by atoms with van der Waals surface area (Å²) >= 11 is 12.0. The molecule has 1 amide bonds. The third kappa shape index (κ3) is 5.00. The van der Waals surface area contributed by atoms with Gasteiger partial charge < -0.3 is 15.0 Å². The van der Waals surface area contributed by atoms with E-state index >= 15 is 0 Å². The van der Waals surface area contributed by atoms with E-state index in [0.717, 1.165) is 38.9 Å². The lowest BCUT2D eigenvalue weighted by Gasteiger charge is -2.36. The molecule has 4 nitrogen and oxygen atoms in total. The SMILES string of the molecule is CCCN(C(=O)C(C)Oc1ccc(Cl)cc1Cl)C1CCNCC1. The van der Waals surface area contributed by atoms with Gasteiger partial charge in [-0.2, -0.15) is 0 Å². The van der Waals surface area contributed by atoms with Crippen molar-refractivity contribution in [2.45, 2.75) is 45.3 Å². The number of hydrogen-bond acceptors (Lipinski definition) is 3. The monoisotopic (exact) mass is 358 g/mol. The summed E-state index contributed by atoms with van der Waals surface area (Å²) in [5.41, 5.74) is 0. The minimum Gasteiger partial charge on any atom is -0.479 e. The Morgan fingerprint density at radius 3 is 2.70 bits per heavy atom. The number of rotatable bonds is 6. The largest absolute Gasteiger partial charge is 0.479 e. The van der Waals surface area contributed by atoms with Crippen LogP contribution in [0.2, 0.25) is 10.0 Å². The Kier molecular flexibility index (Phi) is 7.00. The van der Waals surface area contributed by atoms with Crippen LogP contribution < -0.4 is 10.1 Å². The Labute approximate surface area is 148 Å². The Morgan fingerprint density at radius 2 is 2.09 bits per heavy atom. The highest BCUT2D eigenvalue weighted by Crippen LogP contribution is 2.28. The predicted octanol–water partition coefficient (Wildman–Crippen LogP) is 3.75. The van der Waals surface area contributed by atoms with E-state index in [2.05, 4.69) is 12.2 Å². The van der Waals surface area contributed by atoms with Crippen LogP contribution in [0.25, 0.3) is 0 Å². The summed E-state index contributed by atoms with van der Waals surface area (Å²) in [4.78, 5) is 14.8. The molecule has 0 radical (unpaired) electrons. The van der Waals surface area contributed by atoms with Gasteiger partial charge in [-0.25, -0.2) is 0 Å². The van der Waals surface area contributed by atoms with Crippen molar-refractivity contribution in [2.75, 3.05) is 19.6 Å². The number of nitrogens with zero attached hydrogens (tertiary/aromatic N) is 1. The second-order valence-corrected chi connectivity index (χ2v) is 6.69. The summed E-state index contributed by atoms with van der Waals surface area (Å²) in [6.07, 6.45) is 2.33. The standard InChI is InChI=1S/C17H24Cl2N2O2/c1-3-10-21(14-6-8-20-9-7-14)17(22)12(2)23-16-5-4-13(18)11-15(16)19/h4-5,11-12,14,20H,3,6-10H2,1-2H3. The van der Waals surface area contributed by atoms with Gasteiger partial charge in [0, 0.05) is 17.6 Å². The van der Waals surface area contributed by atoms with Crippen LogP contribution in [0.4, 0.5) is 0 Å². The maximum absolute atomic E-state index is 12.8. The molecule has 2 rings (SSSR count). The van der Waals surface area contributed by atoms with Gasteiger partial charge in [0.1, 0.15) is 5.75 Å². The molecule has 1 atom stereocenters. The molecule has 128 valence electrons. The van der Waals surface area contributed by atoms with E-state index < -0.39 is 6.10 Å². The molecule has 1 aliphatic heterocycles. The highest BCUT2D eigenvalue weighted by atomic mass is 35.5. The molecule has 1 heterocycles. The van der Waals surface area contributed by atoms with Crippen LogP contribution >= 0.6 is 23.2 Å². The number of benzene rings is 1. The molecular formula is C17H24Cl2N2O2. The molecule has 1 aliphatic rings. The maximum Gasteiger partial charge on any atom is 0.263 e.